The van der Waals surface area contributed by atoms with Crippen molar-refractivity contribution in [3.8, 4) is 0 Å². The van der Waals surface area contributed by atoms with Gasteiger partial charge in [0.2, 0.25) is 0 Å². The Hall–Kier alpha value is -1.13. The van der Waals surface area contributed by atoms with Crippen LogP contribution in [-0.2, 0) is 7.05 Å². The molecule has 0 aromatic carbocycles. The van der Waals surface area contributed by atoms with Crippen LogP contribution in [0.5, 0.6) is 0 Å². The Kier molecular flexibility index (Phi) is 4.19. The van der Waals surface area contributed by atoms with E-state index in [-0.39, 0.29) is 17.9 Å². The van der Waals surface area contributed by atoms with Crippen molar-refractivity contribution in [2.24, 2.45) is 7.05 Å². The molecule has 1 aromatic heterocycles. The minimum Gasteiger partial charge on any atom is -0.391 e. The molecule has 18 heavy (non-hydrogen) atoms. The second kappa shape index (κ2) is 5.67. The Morgan fingerprint density at radius 1 is 1.50 bits per heavy atom. The summed E-state index contributed by atoms with van der Waals surface area (Å²) in [5, 5.41) is 9.98. The van der Waals surface area contributed by atoms with Crippen LogP contribution >= 0.6 is 0 Å². The van der Waals surface area contributed by atoms with Crippen LogP contribution in [0.1, 0.15) is 36.2 Å². The Labute approximate surface area is 108 Å². The first-order chi connectivity index (χ1) is 8.59. The maximum Gasteiger partial charge on any atom is 0.193 e. The van der Waals surface area contributed by atoms with Crippen LogP contribution < -0.4 is 0 Å². The van der Waals surface area contributed by atoms with E-state index in [0.29, 0.717) is 6.54 Å². The average molecular weight is 250 g/mol. The lowest BCUT2D eigenvalue weighted by Gasteiger charge is -2.34. The number of aliphatic hydroxyl groups is 1. The minimum atomic E-state index is -0.287. The molecule has 0 spiro atoms. The van der Waals surface area contributed by atoms with Crippen molar-refractivity contribution in [1.29, 1.82) is 0 Å². The third-order valence-electron chi connectivity index (χ3n) is 3.88. The summed E-state index contributed by atoms with van der Waals surface area (Å²) in [7, 11) is 3.81. The van der Waals surface area contributed by atoms with Crippen LogP contribution in [0.25, 0.3) is 0 Å². The van der Waals surface area contributed by atoms with Gasteiger partial charge < -0.3 is 9.67 Å². The molecular formula is C14H22N2O2. The largest absolute Gasteiger partial charge is 0.391 e. The number of aryl methyl sites for hydroxylation is 1. The third-order valence-corrected chi connectivity index (χ3v) is 3.88. The van der Waals surface area contributed by atoms with E-state index in [1.54, 1.807) is 0 Å². The quantitative estimate of drug-likeness (QED) is 0.823. The Balaban J connectivity index is 1.96. The summed E-state index contributed by atoms with van der Waals surface area (Å²) in [4.78, 5) is 14.1. The number of carbonyl (C=O) groups is 1. The molecule has 4 nitrogen and oxygen atoms in total. The molecule has 1 N–H and O–H groups in total. The van der Waals surface area contributed by atoms with E-state index in [9.17, 15) is 9.90 Å². The number of aliphatic hydroxyl groups excluding tert-OH is 1. The minimum absolute atomic E-state index is 0.114. The molecule has 2 atom stereocenters. The van der Waals surface area contributed by atoms with Crippen LogP contribution in [0.4, 0.5) is 0 Å². The van der Waals surface area contributed by atoms with Gasteiger partial charge in [0.25, 0.3) is 0 Å². The first-order valence-electron chi connectivity index (χ1n) is 6.62. The van der Waals surface area contributed by atoms with E-state index in [1.165, 1.54) is 0 Å². The van der Waals surface area contributed by atoms with Gasteiger partial charge in [-0.25, -0.2) is 0 Å². The first kappa shape index (κ1) is 13.3. The summed E-state index contributed by atoms with van der Waals surface area (Å²) in [6, 6.07) is 3.85. The highest BCUT2D eigenvalue weighted by Gasteiger charge is 2.27. The summed E-state index contributed by atoms with van der Waals surface area (Å²) in [5.74, 6) is 0.114. The number of hydrogen-bond donors (Lipinski definition) is 1. The standard InChI is InChI=1S/C14H22N2O2/c1-15-9-5-7-12(15)14(18)10-16(2)11-6-3-4-8-13(11)17/h5,7,9,11,13,17H,3-4,6,8,10H2,1-2H3. The molecule has 4 heteroatoms. The Morgan fingerprint density at radius 3 is 2.83 bits per heavy atom. The fourth-order valence-electron chi connectivity index (χ4n) is 2.78. The molecule has 0 aliphatic heterocycles. The van der Waals surface area contributed by atoms with Crippen LogP contribution in [0.15, 0.2) is 18.3 Å². The SMILES string of the molecule is CN(CC(=O)c1cccn1C)C1CCCCC1O. The van der Waals surface area contributed by atoms with Gasteiger partial charge >= 0.3 is 0 Å². The average Bonchev–Trinajstić information content (AvgIpc) is 2.76. The molecule has 0 amide bonds. The molecule has 1 heterocycles. The second-order valence-corrected chi connectivity index (χ2v) is 5.26. The van der Waals surface area contributed by atoms with E-state index in [4.69, 9.17) is 0 Å². The summed E-state index contributed by atoms with van der Waals surface area (Å²) in [6.07, 6.45) is 5.67. The Morgan fingerprint density at radius 2 is 2.22 bits per heavy atom. The predicted octanol–water partition coefficient (Wildman–Crippen LogP) is 1.44. The number of aromatic nitrogens is 1. The zero-order chi connectivity index (χ0) is 13.1. The number of carbonyl (C=O) groups excluding carboxylic acids is 1. The summed E-state index contributed by atoms with van der Waals surface area (Å²) >= 11 is 0. The van der Waals surface area contributed by atoms with Crippen molar-refractivity contribution >= 4 is 5.78 Å². The fraction of sp³-hybridized carbons (Fsp3) is 0.643. The molecule has 0 bridgehead atoms. The Bertz CT molecular complexity index is 414. The van der Waals surface area contributed by atoms with Crippen molar-refractivity contribution < 1.29 is 9.90 Å². The number of hydrogen-bond acceptors (Lipinski definition) is 3. The van der Waals surface area contributed by atoms with Gasteiger partial charge in [0.15, 0.2) is 5.78 Å². The number of ketones is 1. The highest BCUT2D eigenvalue weighted by molar-refractivity contribution is 5.96. The van der Waals surface area contributed by atoms with Gasteiger partial charge in [-0.2, -0.15) is 0 Å². The smallest absolute Gasteiger partial charge is 0.193 e. The van der Waals surface area contributed by atoms with Gasteiger partial charge in [0, 0.05) is 19.3 Å². The van der Waals surface area contributed by atoms with Crippen molar-refractivity contribution in [2.45, 2.75) is 37.8 Å². The van der Waals surface area contributed by atoms with Gasteiger partial charge in [-0.05, 0) is 32.0 Å². The monoisotopic (exact) mass is 250 g/mol. The highest BCUT2D eigenvalue weighted by Crippen LogP contribution is 2.22. The molecule has 100 valence electrons. The van der Waals surface area contributed by atoms with E-state index in [2.05, 4.69) is 0 Å². The van der Waals surface area contributed by atoms with Crippen LogP contribution in [0.3, 0.4) is 0 Å². The zero-order valence-corrected chi connectivity index (χ0v) is 11.2. The highest BCUT2D eigenvalue weighted by atomic mass is 16.3. The first-order valence-corrected chi connectivity index (χ1v) is 6.62. The predicted molar refractivity (Wildman–Crippen MR) is 70.6 cm³/mol. The molecule has 1 aromatic rings. The van der Waals surface area contributed by atoms with Gasteiger partial charge in [0.05, 0.1) is 18.3 Å². The maximum absolute atomic E-state index is 12.1. The molecule has 1 saturated carbocycles. The van der Waals surface area contributed by atoms with Crippen LogP contribution in [-0.4, -0.2) is 46.1 Å². The number of Topliss-reactive ketones (excluding diaryl/α,β-unsaturated/α-hetero) is 1. The molecular weight excluding hydrogens is 228 g/mol. The molecule has 1 fully saturated rings. The summed E-state index contributed by atoms with van der Waals surface area (Å²) in [5.41, 5.74) is 0.729. The van der Waals surface area contributed by atoms with E-state index >= 15 is 0 Å². The van der Waals surface area contributed by atoms with Crippen molar-refractivity contribution in [2.75, 3.05) is 13.6 Å². The van der Waals surface area contributed by atoms with Gasteiger partial charge in [0.1, 0.15) is 0 Å². The zero-order valence-electron chi connectivity index (χ0n) is 11.2. The lowest BCUT2D eigenvalue weighted by Crippen LogP contribution is -2.45. The van der Waals surface area contributed by atoms with E-state index in [0.717, 1.165) is 31.4 Å². The molecule has 2 rings (SSSR count). The number of likely N-dealkylation sites (N-methyl/N-ethyl adjacent to an activating group) is 1. The molecule has 1 aliphatic carbocycles. The van der Waals surface area contributed by atoms with Gasteiger partial charge in [-0.1, -0.05) is 12.8 Å². The lowest BCUT2D eigenvalue weighted by molar-refractivity contribution is 0.0320. The van der Waals surface area contributed by atoms with Crippen molar-refractivity contribution in [3.05, 3.63) is 24.0 Å². The van der Waals surface area contributed by atoms with E-state index in [1.807, 2.05) is 41.9 Å². The normalized spacial score (nSPS) is 24.4. The molecule has 0 saturated heterocycles. The molecule has 0 radical (unpaired) electrons. The topological polar surface area (TPSA) is 45.5 Å². The summed E-state index contributed by atoms with van der Waals surface area (Å²) < 4.78 is 1.84. The fourth-order valence-corrected chi connectivity index (χ4v) is 2.78. The number of nitrogens with zero attached hydrogens (tertiary/aromatic N) is 2. The van der Waals surface area contributed by atoms with Crippen LogP contribution in [0.2, 0.25) is 0 Å². The van der Waals surface area contributed by atoms with E-state index < -0.39 is 0 Å². The third kappa shape index (κ3) is 2.82. The maximum atomic E-state index is 12.1. The second-order valence-electron chi connectivity index (χ2n) is 5.26. The van der Waals surface area contributed by atoms with Crippen molar-refractivity contribution in [1.82, 2.24) is 9.47 Å². The van der Waals surface area contributed by atoms with Crippen LogP contribution in [0, 0.1) is 0 Å². The van der Waals surface area contributed by atoms with Crippen molar-refractivity contribution in [3.63, 3.8) is 0 Å². The summed E-state index contributed by atoms with van der Waals surface area (Å²) in [6.45, 7) is 0.375. The molecule has 2 unspecified atom stereocenters. The lowest BCUT2D eigenvalue weighted by atomic mass is 9.91. The number of rotatable bonds is 4. The van der Waals surface area contributed by atoms with Gasteiger partial charge in [-0.15, -0.1) is 0 Å². The molecule has 1 aliphatic rings. The van der Waals surface area contributed by atoms with Gasteiger partial charge in [-0.3, -0.25) is 9.69 Å².